The minimum absolute atomic E-state index is 0. The lowest BCUT2D eigenvalue weighted by Crippen LogP contribution is -3.00. The van der Waals surface area contributed by atoms with E-state index in [1.165, 1.54) is 21.9 Å². The molecular formula is C25H29IN2O3. The maximum Gasteiger partial charge on any atom is 0.310 e. The van der Waals surface area contributed by atoms with Crippen LogP contribution in [0.4, 0.5) is 0 Å². The number of aromatic nitrogens is 2. The molecule has 31 heavy (non-hydrogen) atoms. The Labute approximate surface area is 199 Å². The van der Waals surface area contributed by atoms with Crippen molar-refractivity contribution in [2.24, 2.45) is 0 Å². The summed E-state index contributed by atoms with van der Waals surface area (Å²) in [6, 6.07) is 8.23. The predicted molar refractivity (Wildman–Crippen MR) is 120 cm³/mol. The summed E-state index contributed by atoms with van der Waals surface area (Å²) >= 11 is 0. The fourth-order valence-corrected chi connectivity index (χ4v) is 4.22. The van der Waals surface area contributed by atoms with Gasteiger partial charge in [0.25, 0.3) is 6.73 Å². The Balaban J connectivity index is 0.00000272. The number of aryl methyl sites for hydroxylation is 2. The summed E-state index contributed by atoms with van der Waals surface area (Å²) in [6.45, 7) is 6.66. The first kappa shape index (κ1) is 23.3. The van der Waals surface area contributed by atoms with E-state index in [4.69, 9.17) is 9.47 Å². The molecule has 164 valence electrons. The van der Waals surface area contributed by atoms with Crippen molar-refractivity contribution in [3.63, 3.8) is 0 Å². The number of halogens is 1. The van der Waals surface area contributed by atoms with Gasteiger partial charge in [-0.15, -0.1) is 0 Å². The first-order chi connectivity index (χ1) is 14.5. The van der Waals surface area contributed by atoms with Gasteiger partial charge in [-0.3, -0.25) is 4.79 Å². The maximum atomic E-state index is 12.0. The number of fused-ring (bicyclic) bond motifs is 4. The molecule has 1 N–H and O–H groups in total. The zero-order chi connectivity index (χ0) is 21.3. The first-order valence-corrected chi connectivity index (χ1v) is 10.6. The van der Waals surface area contributed by atoms with E-state index in [0.29, 0.717) is 6.42 Å². The molecule has 4 aromatic rings. The van der Waals surface area contributed by atoms with Gasteiger partial charge in [0.05, 0.1) is 12.6 Å². The molecule has 0 aliphatic rings. The van der Waals surface area contributed by atoms with E-state index < -0.39 is 0 Å². The Morgan fingerprint density at radius 1 is 1.06 bits per heavy atom. The minimum atomic E-state index is -0.136. The highest BCUT2D eigenvalue weighted by atomic mass is 127. The highest BCUT2D eigenvalue weighted by molar-refractivity contribution is 6.16. The van der Waals surface area contributed by atoms with Crippen LogP contribution in [0.25, 0.3) is 32.6 Å². The number of nitrogens with one attached hydrogen (secondary N) is 1. The second-order valence-corrected chi connectivity index (χ2v) is 7.93. The van der Waals surface area contributed by atoms with Crippen molar-refractivity contribution in [3.05, 3.63) is 47.8 Å². The Bertz CT molecular complexity index is 1250. The molecule has 0 saturated heterocycles. The molecule has 6 heteroatoms. The number of aromatic amines is 1. The molecule has 0 aliphatic carbocycles. The lowest BCUT2D eigenvalue weighted by molar-refractivity contribution is -0.726. The largest absolute Gasteiger partial charge is 1.00 e. The number of unbranched alkanes of at least 4 members (excludes halogenated alkanes) is 2. The van der Waals surface area contributed by atoms with E-state index >= 15 is 0 Å². The average Bonchev–Trinajstić information content (AvgIpc) is 3.15. The number of H-pyrrole nitrogens is 1. The zero-order valence-electron chi connectivity index (χ0n) is 18.5. The van der Waals surface area contributed by atoms with Crippen LogP contribution in [0.3, 0.4) is 0 Å². The van der Waals surface area contributed by atoms with Gasteiger partial charge >= 0.3 is 5.97 Å². The molecule has 0 radical (unpaired) electrons. The van der Waals surface area contributed by atoms with Crippen molar-refractivity contribution in [3.8, 4) is 5.75 Å². The summed E-state index contributed by atoms with van der Waals surface area (Å²) in [5.41, 5.74) is 4.67. The van der Waals surface area contributed by atoms with E-state index in [-0.39, 0.29) is 36.7 Å². The average molecular weight is 532 g/mol. The number of carbonyl (C=O) groups excluding carboxylic acids is 1. The van der Waals surface area contributed by atoms with Crippen LogP contribution in [-0.4, -0.2) is 18.1 Å². The molecule has 5 nitrogen and oxygen atoms in total. The summed E-state index contributed by atoms with van der Waals surface area (Å²) in [4.78, 5) is 15.5. The molecule has 2 aromatic carbocycles. The summed E-state index contributed by atoms with van der Waals surface area (Å²) < 4.78 is 12.8. The number of benzene rings is 2. The van der Waals surface area contributed by atoms with Crippen molar-refractivity contribution in [1.29, 1.82) is 0 Å². The molecule has 0 fully saturated rings. The molecule has 4 rings (SSSR count). The third kappa shape index (κ3) is 4.49. The fourth-order valence-electron chi connectivity index (χ4n) is 4.22. The first-order valence-electron chi connectivity index (χ1n) is 10.6. The van der Waals surface area contributed by atoms with Gasteiger partial charge in [-0.05, 0) is 55.0 Å². The lowest BCUT2D eigenvalue weighted by atomic mass is 9.97. The third-order valence-electron chi connectivity index (χ3n) is 5.94. The zero-order valence-corrected chi connectivity index (χ0v) is 20.7. The minimum Gasteiger partial charge on any atom is -1.00 e. The molecule has 0 spiro atoms. The molecule has 0 aliphatic heterocycles. The van der Waals surface area contributed by atoms with E-state index in [1.807, 2.05) is 16.8 Å². The highest BCUT2D eigenvalue weighted by Gasteiger charge is 2.17. The van der Waals surface area contributed by atoms with Gasteiger partial charge in [0.1, 0.15) is 5.75 Å². The summed E-state index contributed by atoms with van der Waals surface area (Å²) in [6.07, 6.45) is 7.58. The van der Waals surface area contributed by atoms with E-state index in [1.54, 1.807) is 7.11 Å². The normalized spacial score (nSPS) is 11.1. The maximum absolute atomic E-state index is 12.0. The van der Waals surface area contributed by atoms with Crippen LogP contribution in [0.2, 0.25) is 0 Å². The number of hydrogen-bond acceptors (Lipinski definition) is 3. The number of hydrogen-bond donors (Lipinski definition) is 1. The molecule has 2 heterocycles. The van der Waals surface area contributed by atoms with Gasteiger partial charge in [-0.25, -0.2) is 0 Å². The summed E-state index contributed by atoms with van der Waals surface area (Å²) in [5.74, 6) is 0.710. The van der Waals surface area contributed by atoms with Gasteiger partial charge in [0, 0.05) is 34.2 Å². The van der Waals surface area contributed by atoms with Crippen molar-refractivity contribution >= 4 is 38.5 Å². The standard InChI is InChI=1S/C25H28N2O3.HI/c1-5-6-7-8-23(28)30-15-27-12-11-19-17(3)25-24(16(2)21(19)14-27)20-13-18(29-4)9-10-22(20)26-25;/h9-14H,5-8,15H2,1-4H3;1H. The second kappa shape index (κ2) is 9.85. The van der Waals surface area contributed by atoms with Crippen LogP contribution in [0, 0.1) is 13.8 Å². The fraction of sp³-hybridized carbons (Fsp3) is 0.360. The third-order valence-corrected chi connectivity index (χ3v) is 5.94. The van der Waals surface area contributed by atoms with Crippen molar-refractivity contribution in [2.75, 3.05) is 7.11 Å². The van der Waals surface area contributed by atoms with Gasteiger partial charge in [0.2, 0.25) is 0 Å². The Kier molecular flexibility index (Phi) is 7.41. The molecule has 0 saturated carbocycles. The van der Waals surface area contributed by atoms with Crippen LogP contribution in [0.5, 0.6) is 5.75 Å². The van der Waals surface area contributed by atoms with Gasteiger partial charge in [-0.1, -0.05) is 19.8 Å². The number of nitrogens with zero attached hydrogens (tertiary/aromatic N) is 1. The molecular weight excluding hydrogens is 503 g/mol. The van der Waals surface area contributed by atoms with E-state index in [9.17, 15) is 4.79 Å². The second-order valence-electron chi connectivity index (χ2n) is 7.93. The van der Waals surface area contributed by atoms with Gasteiger partial charge in [-0.2, -0.15) is 4.57 Å². The number of esters is 1. The van der Waals surface area contributed by atoms with Crippen LogP contribution in [0.15, 0.2) is 36.7 Å². The number of carbonyl (C=O) groups is 1. The smallest absolute Gasteiger partial charge is 0.310 e. The Morgan fingerprint density at radius 2 is 1.87 bits per heavy atom. The lowest BCUT2D eigenvalue weighted by Gasteiger charge is -2.09. The molecule has 2 aromatic heterocycles. The highest BCUT2D eigenvalue weighted by Crippen LogP contribution is 2.37. The summed E-state index contributed by atoms with van der Waals surface area (Å²) in [7, 11) is 1.69. The number of ether oxygens (including phenoxy) is 2. The monoisotopic (exact) mass is 532 g/mol. The van der Waals surface area contributed by atoms with E-state index in [0.717, 1.165) is 46.8 Å². The molecule has 0 amide bonds. The van der Waals surface area contributed by atoms with Crippen LogP contribution in [-0.2, 0) is 16.3 Å². The Morgan fingerprint density at radius 3 is 2.61 bits per heavy atom. The number of methoxy groups -OCH3 is 1. The molecule has 0 unspecified atom stereocenters. The predicted octanol–water partition coefficient (Wildman–Crippen LogP) is 2.47. The number of pyridine rings is 1. The van der Waals surface area contributed by atoms with Crippen LogP contribution < -0.4 is 33.3 Å². The van der Waals surface area contributed by atoms with Crippen molar-refractivity contribution in [1.82, 2.24) is 4.98 Å². The Hall–Kier alpha value is -2.35. The van der Waals surface area contributed by atoms with Gasteiger partial charge in [0.15, 0.2) is 12.4 Å². The van der Waals surface area contributed by atoms with E-state index in [2.05, 4.69) is 50.2 Å². The van der Waals surface area contributed by atoms with Gasteiger partial charge < -0.3 is 38.4 Å². The van der Waals surface area contributed by atoms with Crippen LogP contribution >= 0.6 is 0 Å². The summed E-state index contributed by atoms with van der Waals surface area (Å²) in [5, 5.41) is 4.73. The van der Waals surface area contributed by atoms with Crippen molar-refractivity contribution in [2.45, 2.75) is 53.2 Å². The molecule has 0 atom stereocenters. The quantitative estimate of drug-likeness (QED) is 0.172. The van der Waals surface area contributed by atoms with Crippen molar-refractivity contribution < 1.29 is 42.8 Å². The number of rotatable bonds is 7. The van der Waals surface area contributed by atoms with Crippen LogP contribution in [0.1, 0.15) is 43.7 Å². The topological polar surface area (TPSA) is 55.2 Å². The molecule has 0 bridgehead atoms. The SMILES string of the molecule is CCCCCC(=O)OC[n+]1ccc2c(C)c3[nH]c4ccc(OC)cc4c3c(C)c2c1.[I-].